The molecule has 0 spiro atoms. The third-order valence-corrected chi connectivity index (χ3v) is 3.06. The number of hydrogen-bond donors (Lipinski definition) is 0. The highest BCUT2D eigenvalue weighted by Crippen LogP contribution is 2.24. The predicted molar refractivity (Wildman–Crippen MR) is 76.3 cm³/mol. The number of halogens is 4. The molecule has 0 fully saturated rings. The molecule has 1 aromatic heterocycles. The Morgan fingerprint density at radius 3 is 2.64 bits per heavy atom. The van der Waals surface area contributed by atoms with Gasteiger partial charge in [0.25, 0.3) is 0 Å². The molecule has 2 aromatic rings. The molecule has 0 aliphatic heterocycles. The lowest BCUT2D eigenvalue weighted by molar-refractivity contribution is -0.153. The van der Waals surface area contributed by atoms with E-state index < -0.39 is 12.8 Å². The van der Waals surface area contributed by atoms with Crippen molar-refractivity contribution in [2.45, 2.75) is 19.7 Å². The van der Waals surface area contributed by atoms with Gasteiger partial charge in [-0.15, -0.1) is 0 Å². The van der Waals surface area contributed by atoms with Gasteiger partial charge in [0, 0.05) is 16.8 Å². The third kappa shape index (κ3) is 4.80. The topological polar surface area (TPSA) is 31.4 Å². The van der Waals surface area contributed by atoms with E-state index in [-0.39, 0.29) is 12.4 Å². The van der Waals surface area contributed by atoms with Crippen molar-refractivity contribution >= 4 is 11.6 Å². The molecule has 0 bridgehead atoms. The van der Waals surface area contributed by atoms with Crippen LogP contribution in [-0.2, 0) is 6.61 Å². The van der Waals surface area contributed by atoms with Gasteiger partial charge < -0.3 is 9.47 Å². The summed E-state index contributed by atoms with van der Waals surface area (Å²) >= 11 is 5.84. The van der Waals surface area contributed by atoms with Crippen LogP contribution in [0.2, 0.25) is 5.02 Å². The zero-order valence-corrected chi connectivity index (χ0v) is 12.4. The maximum absolute atomic E-state index is 12.2. The molecule has 3 nitrogen and oxygen atoms in total. The van der Waals surface area contributed by atoms with E-state index in [0.29, 0.717) is 22.0 Å². The van der Waals surface area contributed by atoms with Crippen molar-refractivity contribution in [1.29, 1.82) is 0 Å². The molecule has 0 atom stereocenters. The van der Waals surface area contributed by atoms with E-state index >= 15 is 0 Å². The smallest absolute Gasteiger partial charge is 0.422 e. The first kappa shape index (κ1) is 16.4. The minimum atomic E-state index is -4.38. The minimum absolute atomic E-state index is 0.107. The zero-order valence-electron chi connectivity index (χ0n) is 11.7. The molecule has 0 aliphatic carbocycles. The third-order valence-electron chi connectivity index (χ3n) is 2.82. The number of ether oxygens (including phenoxy) is 2. The Bertz CT molecular complexity index is 647. The summed E-state index contributed by atoms with van der Waals surface area (Å²) in [5, 5.41) is 0.532. The lowest BCUT2D eigenvalue weighted by atomic mass is 10.2. The van der Waals surface area contributed by atoms with Gasteiger partial charge in [-0.1, -0.05) is 17.7 Å². The van der Waals surface area contributed by atoms with E-state index in [1.807, 2.05) is 0 Å². The number of alkyl halides is 3. The summed E-state index contributed by atoms with van der Waals surface area (Å²) in [6, 6.07) is 8.21. The quantitative estimate of drug-likeness (QED) is 0.804. The van der Waals surface area contributed by atoms with Gasteiger partial charge in [-0.2, -0.15) is 13.2 Å². The molecule has 1 heterocycles. The summed E-state index contributed by atoms with van der Waals surface area (Å²) in [5.74, 6) is 0.687. The SMILES string of the molecule is Cc1c(OCC(F)(F)F)ccnc1COc1cccc(Cl)c1. The minimum Gasteiger partial charge on any atom is -0.487 e. The van der Waals surface area contributed by atoms with Gasteiger partial charge >= 0.3 is 6.18 Å². The predicted octanol–water partition coefficient (Wildman–Crippen LogP) is 4.56. The fourth-order valence-corrected chi connectivity index (χ4v) is 1.91. The Labute approximate surface area is 130 Å². The molecule has 0 N–H and O–H groups in total. The van der Waals surface area contributed by atoms with Gasteiger partial charge in [-0.25, -0.2) is 0 Å². The summed E-state index contributed by atoms with van der Waals surface area (Å²) in [4.78, 5) is 4.10. The fraction of sp³-hybridized carbons (Fsp3) is 0.267. The van der Waals surface area contributed by atoms with Crippen molar-refractivity contribution in [3.05, 3.63) is 52.8 Å². The van der Waals surface area contributed by atoms with Crippen LogP contribution < -0.4 is 9.47 Å². The Hall–Kier alpha value is -1.95. The number of benzene rings is 1. The van der Waals surface area contributed by atoms with Crippen LogP contribution in [0.5, 0.6) is 11.5 Å². The molecular weight excluding hydrogens is 319 g/mol. The standard InChI is InChI=1S/C15H13ClF3NO2/c1-10-13(8-21-12-4-2-3-11(16)7-12)20-6-5-14(10)22-9-15(17,18)19/h2-7H,8-9H2,1H3. The van der Waals surface area contributed by atoms with Crippen LogP contribution in [0, 0.1) is 6.92 Å². The van der Waals surface area contributed by atoms with Crippen LogP contribution >= 0.6 is 11.6 Å². The lowest BCUT2D eigenvalue weighted by Gasteiger charge is -2.14. The molecule has 0 radical (unpaired) electrons. The number of rotatable bonds is 5. The second-order valence-electron chi connectivity index (χ2n) is 4.53. The largest absolute Gasteiger partial charge is 0.487 e. The van der Waals surface area contributed by atoms with Crippen LogP contribution in [0.1, 0.15) is 11.3 Å². The highest BCUT2D eigenvalue weighted by Gasteiger charge is 2.28. The zero-order chi connectivity index (χ0) is 16.2. The van der Waals surface area contributed by atoms with E-state index in [1.54, 1.807) is 31.2 Å². The molecular formula is C15H13ClF3NO2. The van der Waals surface area contributed by atoms with Crippen LogP contribution in [-0.4, -0.2) is 17.8 Å². The van der Waals surface area contributed by atoms with Crippen molar-refractivity contribution in [3.8, 4) is 11.5 Å². The van der Waals surface area contributed by atoms with Crippen molar-refractivity contribution in [2.75, 3.05) is 6.61 Å². The fourth-order valence-electron chi connectivity index (χ4n) is 1.73. The molecule has 0 amide bonds. The van der Waals surface area contributed by atoms with Gasteiger partial charge in [0.1, 0.15) is 18.1 Å². The Morgan fingerprint density at radius 1 is 1.18 bits per heavy atom. The van der Waals surface area contributed by atoms with Crippen LogP contribution in [0.4, 0.5) is 13.2 Å². The molecule has 0 saturated carbocycles. The van der Waals surface area contributed by atoms with E-state index in [0.717, 1.165) is 0 Å². The molecule has 0 unspecified atom stereocenters. The first-order chi connectivity index (χ1) is 10.3. The maximum atomic E-state index is 12.2. The van der Waals surface area contributed by atoms with Crippen molar-refractivity contribution in [3.63, 3.8) is 0 Å². The van der Waals surface area contributed by atoms with E-state index in [4.69, 9.17) is 21.1 Å². The molecule has 22 heavy (non-hydrogen) atoms. The van der Waals surface area contributed by atoms with Gasteiger partial charge in [0.05, 0.1) is 5.69 Å². The second kappa shape index (κ2) is 6.87. The molecule has 0 aliphatic rings. The molecule has 0 saturated heterocycles. The lowest BCUT2D eigenvalue weighted by Crippen LogP contribution is -2.19. The monoisotopic (exact) mass is 331 g/mol. The summed E-state index contributed by atoms with van der Waals surface area (Å²) in [6.45, 7) is 0.400. The Balaban J connectivity index is 2.05. The number of nitrogens with zero attached hydrogens (tertiary/aromatic N) is 1. The maximum Gasteiger partial charge on any atom is 0.422 e. The Kier molecular flexibility index (Phi) is 5.13. The van der Waals surface area contributed by atoms with Crippen molar-refractivity contribution < 1.29 is 22.6 Å². The molecule has 2 rings (SSSR count). The summed E-state index contributed by atoms with van der Waals surface area (Å²) < 4.78 is 46.9. The van der Waals surface area contributed by atoms with E-state index in [9.17, 15) is 13.2 Å². The average molecular weight is 332 g/mol. The normalized spacial score (nSPS) is 11.3. The van der Waals surface area contributed by atoms with Crippen LogP contribution in [0.25, 0.3) is 0 Å². The first-order valence-electron chi connectivity index (χ1n) is 6.37. The van der Waals surface area contributed by atoms with Gasteiger partial charge in [-0.3, -0.25) is 4.98 Å². The second-order valence-corrected chi connectivity index (χ2v) is 4.97. The highest BCUT2D eigenvalue weighted by atomic mass is 35.5. The number of aromatic nitrogens is 1. The highest BCUT2D eigenvalue weighted by molar-refractivity contribution is 6.30. The summed E-state index contributed by atoms with van der Waals surface area (Å²) in [5.41, 5.74) is 1.01. The van der Waals surface area contributed by atoms with Crippen molar-refractivity contribution in [1.82, 2.24) is 4.98 Å². The van der Waals surface area contributed by atoms with Gasteiger partial charge in [0.2, 0.25) is 0 Å². The first-order valence-corrected chi connectivity index (χ1v) is 6.75. The molecule has 7 heteroatoms. The van der Waals surface area contributed by atoms with Crippen LogP contribution in [0.3, 0.4) is 0 Å². The Morgan fingerprint density at radius 2 is 1.95 bits per heavy atom. The van der Waals surface area contributed by atoms with Crippen molar-refractivity contribution in [2.24, 2.45) is 0 Å². The van der Waals surface area contributed by atoms with Crippen LogP contribution in [0.15, 0.2) is 36.5 Å². The summed E-state index contributed by atoms with van der Waals surface area (Å²) in [6.07, 6.45) is -3.00. The van der Waals surface area contributed by atoms with Gasteiger partial charge in [0.15, 0.2) is 6.61 Å². The van der Waals surface area contributed by atoms with Gasteiger partial charge in [-0.05, 0) is 31.2 Å². The molecule has 118 valence electrons. The average Bonchev–Trinajstić information content (AvgIpc) is 2.44. The molecule has 1 aromatic carbocycles. The number of pyridine rings is 1. The van der Waals surface area contributed by atoms with E-state index in [2.05, 4.69) is 4.98 Å². The summed E-state index contributed by atoms with van der Waals surface area (Å²) in [7, 11) is 0. The van der Waals surface area contributed by atoms with E-state index in [1.165, 1.54) is 12.3 Å². The number of hydrogen-bond acceptors (Lipinski definition) is 3.